The molecule has 2 aliphatic rings. The Labute approximate surface area is 112 Å². The number of hydrogen-bond donors (Lipinski definition) is 2. The van der Waals surface area contributed by atoms with Gasteiger partial charge < -0.3 is 4.74 Å². The number of nitrogens with two attached hydrogens (primary N) is 1. The molecule has 0 saturated heterocycles. The first-order chi connectivity index (χ1) is 8.70. The molecule has 0 spiro atoms. The number of rotatable bonds is 6. The van der Waals surface area contributed by atoms with Crippen LogP contribution in [0, 0.1) is 11.8 Å². The molecule has 3 nitrogen and oxygen atoms in total. The molecular weight excluding hydrogens is 224 g/mol. The van der Waals surface area contributed by atoms with Gasteiger partial charge in [0.25, 0.3) is 0 Å². The molecule has 0 aromatic rings. The quantitative estimate of drug-likeness (QED) is 0.566. The molecule has 0 bridgehead atoms. The zero-order valence-electron chi connectivity index (χ0n) is 12.1. The van der Waals surface area contributed by atoms with Crippen LogP contribution in [0.25, 0.3) is 0 Å². The zero-order valence-corrected chi connectivity index (χ0v) is 12.1. The van der Waals surface area contributed by atoms with Crippen molar-refractivity contribution in [2.45, 2.75) is 76.9 Å². The Kier molecular flexibility index (Phi) is 5.05. The topological polar surface area (TPSA) is 47.3 Å². The van der Waals surface area contributed by atoms with Gasteiger partial charge in [0.1, 0.15) is 0 Å². The monoisotopic (exact) mass is 254 g/mol. The van der Waals surface area contributed by atoms with Gasteiger partial charge in [0.15, 0.2) is 0 Å². The summed E-state index contributed by atoms with van der Waals surface area (Å²) in [4.78, 5) is 0. The zero-order chi connectivity index (χ0) is 13.0. The van der Waals surface area contributed by atoms with Crippen LogP contribution >= 0.6 is 0 Å². The van der Waals surface area contributed by atoms with Crippen LogP contribution in [0.15, 0.2) is 0 Å². The molecule has 106 valence electrons. The number of nitrogens with one attached hydrogen (secondary N) is 1. The highest BCUT2D eigenvalue weighted by molar-refractivity contribution is 4.97. The number of ether oxygens (including phenoxy) is 1. The van der Waals surface area contributed by atoms with Gasteiger partial charge in [-0.05, 0) is 50.9 Å². The Morgan fingerprint density at radius 2 is 1.94 bits per heavy atom. The summed E-state index contributed by atoms with van der Waals surface area (Å²) in [5.41, 5.74) is 3.09. The predicted molar refractivity (Wildman–Crippen MR) is 75.1 cm³/mol. The van der Waals surface area contributed by atoms with Crippen molar-refractivity contribution in [1.29, 1.82) is 0 Å². The molecule has 1 atom stereocenters. The van der Waals surface area contributed by atoms with E-state index in [1.54, 1.807) is 0 Å². The van der Waals surface area contributed by atoms with Crippen molar-refractivity contribution in [3.63, 3.8) is 0 Å². The van der Waals surface area contributed by atoms with Crippen LogP contribution < -0.4 is 11.3 Å². The van der Waals surface area contributed by atoms with Crippen LogP contribution in [0.2, 0.25) is 0 Å². The van der Waals surface area contributed by atoms with Crippen molar-refractivity contribution in [3.8, 4) is 0 Å². The molecule has 2 aliphatic carbocycles. The fourth-order valence-electron chi connectivity index (χ4n) is 3.63. The molecule has 0 heterocycles. The van der Waals surface area contributed by atoms with Crippen molar-refractivity contribution in [2.75, 3.05) is 6.61 Å². The van der Waals surface area contributed by atoms with E-state index in [4.69, 9.17) is 10.6 Å². The average Bonchev–Trinajstić information content (AvgIpc) is 2.32. The Balaban J connectivity index is 2.00. The lowest BCUT2D eigenvalue weighted by atomic mass is 9.70. The van der Waals surface area contributed by atoms with E-state index >= 15 is 0 Å². The van der Waals surface area contributed by atoms with Crippen LogP contribution in [0.4, 0.5) is 0 Å². The molecule has 0 aliphatic heterocycles. The first-order valence-electron chi connectivity index (χ1n) is 7.80. The molecule has 18 heavy (non-hydrogen) atoms. The minimum absolute atomic E-state index is 0.00556. The third-order valence-corrected chi connectivity index (χ3v) is 5.18. The van der Waals surface area contributed by atoms with Crippen LogP contribution in [0.1, 0.15) is 65.2 Å². The standard InChI is InChI=1S/C15H30N2O/c1-3-18-15(9-7-12(2)8-10-15)14(17-16)11-13-5-4-6-13/h12-14,17H,3-11,16H2,1-2H3. The van der Waals surface area contributed by atoms with Gasteiger partial charge in [-0.1, -0.05) is 26.2 Å². The molecule has 2 rings (SSSR count). The maximum atomic E-state index is 6.20. The SMILES string of the molecule is CCOC1(C(CC2CCC2)NN)CCC(C)CC1. The lowest BCUT2D eigenvalue weighted by molar-refractivity contribution is -0.102. The minimum atomic E-state index is 0.00556. The van der Waals surface area contributed by atoms with Crippen LogP contribution in [0.5, 0.6) is 0 Å². The minimum Gasteiger partial charge on any atom is -0.374 e. The van der Waals surface area contributed by atoms with E-state index in [0.717, 1.165) is 18.4 Å². The van der Waals surface area contributed by atoms with Crippen molar-refractivity contribution in [2.24, 2.45) is 17.7 Å². The number of hydrogen-bond acceptors (Lipinski definition) is 3. The fraction of sp³-hybridized carbons (Fsp3) is 1.00. The van der Waals surface area contributed by atoms with Crippen molar-refractivity contribution in [3.05, 3.63) is 0 Å². The Morgan fingerprint density at radius 3 is 2.39 bits per heavy atom. The molecular formula is C15H30N2O. The Hall–Kier alpha value is -0.120. The third-order valence-electron chi connectivity index (χ3n) is 5.18. The second-order valence-electron chi connectivity index (χ2n) is 6.43. The van der Waals surface area contributed by atoms with E-state index in [-0.39, 0.29) is 5.60 Å². The van der Waals surface area contributed by atoms with Gasteiger partial charge >= 0.3 is 0 Å². The maximum absolute atomic E-state index is 6.20. The van der Waals surface area contributed by atoms with Gasteiger partial charge in [-0.2, -0.15) is 0 Å². The van der Waals surface area contributed by atoms with E-state index in [9.17, 15) is 0 Å². The largest absolute Gasteiger partial charge is 0.374 e. The molecule has 2 saturated carbocycles. The molecule has 3 N–H and O–H groups in total. The lowest BCUT2D eigenvalue weighted by Crippen LogP contribution is -2.57. The maximum Gasteiger partial charge on any atom is 0.0848 e. The molecule has 1 unspecified atom stereocenters. The molecule has 0 amide bonds. The van der Waals surface area contributed by atoms with Crippen molar-refractivity contribution in [1.82, 2.24) is 5.43 Å². The first kappa shape index (κ1) is 14.3. The highest BCUT2D eigenvalue weighted by Gasteiger charge is 2.42. The highest BCUT2D eigenvalue weighted by Crippen LogP contribution is 2.41. The Morgan fingerprint density at radius 1 is 1.28 bits per heavy atom. The van der Waals surface area contributed by atoms with Gasteiger partial charge in [0.05, 0.1) is 11.6 Å². The van der Waals surface area contributed by atoms with Crippen LogP contribution in [-0.4, -0.2) is 18.2 Å². The molecule has 3 heteroatoms. The molecule has 0 aromatic carbocycles. The van der Waals surface area contributed by atoms with Crippen LogP contribution in [-0.2, 0) is 4.74 Å². The van der Waals surface area contributed by atoms with E-state index in [1.165, 1.54) is 51.4 Å². The summed E-state index contributed by atoms with van der Waals surface area (Å²) in [6.07, 6.45) is 10.3. The summed E-state index contributed by atoms with van der Waals surface area (Å²) < 4.78 is 6.20. The first-order valence-corrected chi connectivity index (χ1v) is 7.80. The molecule has 2 fully saturated rings. The van der Waals surface area contributed by atoms with Crippen molar-refractivity contribution < 1.29 is 4.74 Å². The summed E-state index contributed by atoms with van der Waals surface area (Å²) in [5, 5.41) is 0. The summed E-state index contributed by atoms with van der Waals surface area (Å²) in [6, 6.07) is 0.343. The van der Waals surface area contributed by atoms with Gasteiger partial charge in [-0.15, -0.1) is 0 Å². The van der Waals surface area contributed by atoms with Crippen molar-refractivity contribution >= 4 is 0 Å². The summed E-state index contributed by atoms with van der Waals surface area (Å²) in [6.45, 7) is 5.26. The number of hydrazine groups is 1. The van der Waals surface area contributed by atoms with Gasteiger partial charge in [-0.3, -0.25) is 11.3 Å². The second kappa shape index (κ2) is 6.36. The lowest BCUT2D eigenvalue weighted by Gasteiger charge is -2.46. The van der Waals surface area contributed by atoms with Gasteiger partial charge in [-0.25, -0.2) is 0 Å². The summed E-state index contributed by atoms with van der Waals surface area (Å²) in [7, 11) is 0. The second-order valence-corrected chi connectivity index (χ2v) is 6.43. The fourth-order valence-corrected chi connectivity index (χ4v) is 3.63. The van der Waals surface area contributed by atoms with Gasteiger partial charge in [0, 0.05) is 6.61 Å². The average molecular weight is 254 g/mol. The van der Waals surface area contributed by atoms with E-state index in [1.807, 2.05) is 0 Å². The highest BCUT2D eigenvalue weighted by atomic mass is 16.5. The summed E-state index contributed by atoms with van der Waals surface area (Å²) in [5.74, 6) is 7.58. The van der Waals surface area contributed by atoms with Crippen LogP contribution in [0.3, 0.4) is 0 Å². The van der Waals surface area contributed by atoms with E-state index in [0.29, 0.717) is 6.04 Å². The smallest absolute Gasteiger partial charge is 0.0848 e. The summed E-state index contributed by atoms with van der Waals surface area (Å²) >= 11 is 0. The molecule has 0 aromatic heterocycles. The predicted octanol–water partition coefficient (Wildman–Crippen LogP) is 2.99. The third kappa shape index (κ3) is 3.06. The molecule has 0 radical (unpaired) electrons. The van der Waals surface area contributed by atoms with E-state index in [2.05, 4.69) is 19.3 Å². The Bertz CT molecular complexity index is 245. The van der Waals surface area contributed by atoms with E-state index < -0.39 is 0 Å². The normalized spacial score (nSPS) is 35.2. The van der Waals surface area contributed by atoms with Gasteiger partial charge in [0.2, 0.25) is 0 Å².